The average molecular weight is 453 g/mol. The zero-order valence-corrected chi connectivity index (χ0v) is 21.5. The van der Waals surface area contributed by atoms with Crippen molar-refractivity contribution >= 4 is 11.9 Å². The van der Waals surface area contributed by atoms with Crippen LogP contribution in [0.25, 0.3) is 0 Å². The molecule has 1 aliphatic rings. The van der Waals surface area contributed by atoms with Gasteiger partial charge < -0.3 is 9.47 Å². The first-order valence-corrected chi connectivity index (χ1v) is 14.0. The Labute approximate surface area is 198 Å². The van der Waals surface area contributed by atoms with Crippen LogP contribution in [0.5, 0.6) is 0 Å². The Balaban J connectivity index is 2.09. The van der Waals surface area contributed by atoms with Crippen molar-refractivity contribution in [2.45, 2.75) is 149 Å². The molecule has 4 nitrogen and oxygen atoms in total. The molecule has 0 saturated heterocycles. The minimum Gasteiger partial charge on any atom is -0.465 e. The van der Waals surface area contributed by atoms with E-state index < -0.39 is 0 Å². The summed E-state index contributed by atoms with van der Waals surface area (Å²) in [4.78, 5) is 25.2. The number of unbranched alkanes of at least 4 members (excludes halogenated alkanes) is 12. The lowest BCUT2D eigenvalue weighted by Crippen LogP contribution is -2.36. The minimum atomic E-state index is -0.316. The largest absolute Gasteiger partial charge is 0.465 e. The summed E-state index contributed by atoms with van der Waals surface area (Å²) in [6.07, 6.45) is 22.1. The van der Waals surface area contributed by atoms with Gasteiger partial charge in [0.05, 0.1) is 18.4 Å². The van der Waals surface area contributed by atoms with E-state index in [-0.39, 0.29) is 29.9 Å². The number of carbonyl (C=O) groups is 2. The van der Waals surface area contributed by atoms with E-state index in [9.17, 15) is 9.59 Å². The van der Waals surface area contributed by atoms with Crippen molar-refractivity contribution < 1.29 is 19.1 Å². The summed E-state index contributed by atoms with van der Waals surface area (Å²) in [5, 5.41) is 0. The number of ether oxygens (including phenoxy) is 2. The van der Waals surface area contributed by atoms with Crippen LogP contribution in [0.4, 0.5) is 0 Å². The second kappa shape index (κ2) is 19.4. The van der Waals surface area contributed by atoms with E-state index in [2.05, 4.69) is 6.92 Å². The van der Waals surface area contributed by atoms with Gasteiger partial charge in [-0.1, -0.05) is 111 Å². The molecule has 32 heavy (non-hydrogen) atoms. The van der Waals surface area contributed by atoms with Crippen molar-refractivity contribution in [2.75, 3.05) is 6.61 Å². The Kier molecular flexibility index (Phi) is 17.6. The molecule has 2 atom stereocenters. The predicted molar refractivity (Wildman–Crippen MR) is 133 cm³/mol. The molecule has 1 aliphatic carbocycles. The molecule has 0 heterocycles. The molecule has 0 aromatic rings. The Bertz CT molecular complexity index is 472. The zero-order valence-electron chi connectivity index (χ0n) is 21.5. The molecule has 0 amide bonds. The van der Waals surface area contributed by atoms with Gasteiger partial charge in [-0.2, -0.15) is 0 Å². The van der Waals surface area contributed by atoms with Crippen molar-refractivity contribution in [3.05, 3.63) is 0 Å². The van der Waals surface area contributed by atoms with Crippen molar-refractivity contribution in [3.63, 3.8) is 0 Å². The van der Waals surface area contributed by atoms with E-state index in [1.807, 2.05) is 13.8 Å². The van der Waals surface area contributed by atoms with Crippen LogP contribution in [-0.4, -0.2) is 24.6 Å². The lowest BCUT2D eigenvalue weighted by molar-refractivity contribution is -0.166. The quantitative estimate of drug-likeness (QED) is 0.146. The maximum atomic E-state index is 12.6. The topological polar surface area (TPSA) is 52.6 Å². The first-order chi connectivity index (χ1) is 15.6. The second-order valence-electron chi connectivity index (χ2n) is 9.78. The van der Waals surface area contributed by atoms with Gasteiger partial charge >= 0.3 is 11.9 Å². The molecule has 0 N–H and O–H groups in total. The third-order valence-electron chi connectivity index (χ3n) is 7.06. The summed E-state index contributed by atoms with van der Waals surface area (Å²) >= 11 is 0. The summed E-state index contributed by atoms with van der Waals surface area (Å²) in [5.74, 6) is -1.01. The zero-order chi connectivity index (χ0) is 23.4. The van der Waals surface area contributed by atoms with Gasteiger partial charge in [-0.15, -0.1) is 0 Å². The number of rotatable bonds is 19. The minimum absolute atomic E-state index is 0.0353. The van der Waals surface area contributed by atoms with E-state index in [1.165, 1.54) is 70.6 Å². The van der Waals surface area contributed by atoms with Crippen molar-refractivity contribution in [3.8, 4) is 0 Å². The molecule has 1 rings (SSSR count). The first-order valence-electron chi connectivity index (χ1n) is 14.0. The summed E-state index contributed by atoms with van der Waals surface area (Å²) in [6.45, 7) is 6.82. The molecule has 0 aliphatic heterocycles. The Morgan fingerprint density at radius 3 is 1.56 bits per heavy atom. The van der Waals surface area contributed by atoms with Gasteiger partial charge in [0.25, 0.3) is 0 Å². The van der Waals surface area contributed by atoms with Crippen LogP contribution in [0.2, 0.25) is 0 Å². The third-order valence-corrected chi connectivity index (χ3v) is 7.06. The van der Waals surface area contributed by atoms with Crippen molar-refractivity contribution in [2.24, 2.45) is 11.8 Å². The second-order valence-corrected chi connectivity index (χ2v) is 9.78. The lowest BCUT2D eigenvalue weighted by Gasteiger charge is -2.29. The maximum absolute atomic E-state index is 12.6. The van der Waals surface area contributed by atoms with E-state index in [1.54, 1.807) is 0 Å². The predicted octanol–water partition coefficient (Wildman–Crippen LogP) is 8.16. The highest BCUT2D eigenvalue weighted by atomic mass is 16.5. The first kappa shape index (κ1) is 29.0. The van der Waals surface area contributed by atoms with Gasteiger partial charge in [0.2, 0.25) is 0 Å². The SMILES string of the molecule is CCCCCCCCCCCCCCCOC(=O)C1CCCCC1C(=O)OC(CC)CC. The van der Waals surface area contributed by atoms with Gasteiger partial charge in [-0.25, -0.2) is 0 Å². The monoisotopic (exact) mass is 452 g/mol. The van der Waals surface area contributed by atoms with E-state index >= 15 is 0 Å². The molecular formula is C28H52O4. The summed E-state index contributed by atoms with van der Waals surface area (Å²) in [7, 11) is 0. The van der Waals surface area contributed by atoms with Gasteiger partial charge in [0.15, 0.2) is 0 Å². The van der Waals surface area contributed by atoms with E-state index in [4.69, 9.17) is 9.47 Å². The van der Waals surface area contributed by atoms with Crippen LogP contribution in [0.1, 0.15) is 143 Å². The van der Waals surface area contributed by atoms with Crippen molar-refractivity contribution in [1.82, 2.24) is 0 Å². The number of esters is 2. The van der Waals surface area contributed by atoms with Gasteiger partial charge in [0, 0.05) is 0 Å². The number of hydrogen-bond acceptors (Lipinski definition) is 4. The number of hydrogen-bond donors (Lipinski definition) is 0. The van der Waals surface area contributed by atoms with E-state index in [0.717, 1.165) is 51.4 Å². The van der Waals surface area contributed by atoms with Crippen molar-refractivity contribution in [1.29, 1.82) is 0 Å². The Hall–Kier alpha value is -1.06. The third kappa shape index (κ3) is 12.8. The van der Waals surface area contributed by atoms with Crippen LogP contribution >= 0.6 is 0 Å². The molecule has 0 aromatic carbocycles. The average Bonchev–Trinajstić information content (AvgIpc) is 2.82. The van der Waals surface area contributed by atoms with Gasteiger partial charge in [-0.05, 0) is 32.1 Å². The fraction of sp³-hybridized carbons (Fsp3) is 0.929. The van der Waals surface area contributed by atoms with Gasteiger partial charge in [0.1, 0.15) is 6.10 Å². The van der Waals surface area contributed by atoms with E-state index in [0.29, 0.717) is 6.61 Å². The van der Waals surface area contributed by atoms with Crippen LogP contribution < -0.4 is 0 Å². The standard InChI is InChI=1S/C28H52O4/c1-4-7-8-9-10-11-12-13-14-15-16-17-20-23-31-27(29)25-21-18-19-22-26(25)28(30)32-24(5-2)6-3/h24-26H,4-23H2,1-3H3. The number of carbonyl (C=O) groups excluding carboxylic acids is 2. The lowest BCUT2D eigenvalue weighted by atomic mass is 9.79. The molecule has 2 unspecified atom stereocenters. The highest BCUT2D eigenvalue weighted by molar-refractivity contribution is 5.82. The summed E-state index contributed by atoms with van der Waals surface area (Å²) in [5.41, 5.74) is 0. The molecule has 1 fully saturated rings. The summed E-state index contributed by atoms with van der Waals surface area (Å²) < 4.78 is 11.2. The molecular weight excluding hydrogens is 400 g/mol. The van der Waals surface area contributed by atoms with Crippen LogP contribution in [0.3, 0.4) is 0 Å². The van der Waals surface area contributed by atoms with Gasteiger partial charge in [-0.3, -0.25) is 9.59 Å². The molecule has 0 aromatic heterocycles. The van der Waals surface area contributed by atoms with Crippen LogP contribution in [0.15, 0.2) is 0 Å². The van der Waals surface area contributed by atoms with Crippen LogP contribution in [0, 0.1) is 11.8 Å². The van der Waals surface area contributed by atoms with Crippen LogP contribution in [-0.2, 0) is 19.1 Å². The Morgan fingerprint density at radius 2 is 1.09 bits per heavy atom. The maximum Gasteiger partial charge on any atom is 0.310 e. The molecule has 0 radical (unpaired) electrons. The molecule has 1 saturated carbocycles. The molecule has 4 heteroatoms. The summed E-state index contributed by atoms with van der Waals surface area (Å²) in [6, 6.07) is 0. The Morgan fingerprint density at radius 1 is 0.656 bits per heavy atom. The normalized spacial score (nSPS) is 18.6. The molecule has 188 valence electrons. The fourth-order valence-corrected chi connectivity index (χ4v) is 4.80. The highest BCUT2D eigenvalue weighted by Crippen LogP contribution is 2.32. The fourth-order valence-electron chi connectivity index (χ4n) is 4.80. The molecule has 0 spiro atoms. The highest BCUT2D eigenvalue weighted by Gasteiger charge is 2.38. The smallest absolute Gasteiger partial charge is 0.310 e. The molecule has 0 bridgehead atoms.